The lowest BCUT2D eigenvalue weighted by Gasteiger charge is -2.40. The summed E-state index contributed by atoms with van der Waals surface area (Å²) in [6, 6.07) is 9.49. The van der Waals surface area contributed by atoms with Crippen LogP contribution in [0.1, 0.15) is 30.4 Å². The molecule has 2 fully saturated rings. The smallest absolute Gasteiger partial charge is 0.322 e. The number of amides is 4. The summed E-state index contributed by atoms with van der Waals surface area (Å²) in [7, 11) is 0. The van der Waals surface area contributed by atoms with Crippen molar-refractivity contribution in [3.05, 3.63) is 65.2 Å². The number of halogens is 2. The Kier molecular flexibility index (Phi) is 5.26. The van der Waals surface area contributed by atoms with Crippen molar-refractivity contribution in [2.75, 3.05) is 13.1 Å². The van der Waals surface area contributed by atoms with Crippen molar-refractivity contribution in [1.82, 2.24) is 15.5 Å². The number of hydrogen-bond donors (Lipinski definition) is 2. The predicted octanol–water partition coefficient (Wildman–Crippen LogP) is 2.63. The third kappa shape index (κ3) is 3.92. The van der Waals surface area contributed by atoms with Crippen LogP contribution in [0.2, 0.25) is 0 Å². The number of carbonyl (C=O) groups excluding carboxylic acids is 3. The van der Waals surface area contributed by atoms with Crippen molar-refractivity contribution in [3.8, 4) is 5.75 Å². The average molecular weight is 455 g/mol. The molecule has 3 aliphatic heterocycles. The minimum Gasteiger partial charge on any atom is -0.480 e. The van der Waals surface area contributed by atoms with E-state index in [9.17, 15) is 23.2 Å². The van der Waals surface area contributed by atoms with E-state index in [0.29, 0.717) is 19.0 Å². The van der Waals surface area contributed by atoms with Crippen LogP contribution in [0.15, 0.2) is 42.5 Å². The van der Waals surface area contributed by atoms with Gasteiger partial charge >= 0.3 is 6.03 Å². The maximum Gasteiger partial charge on any atom is 0.322 e. The Labute approximate surface area is 189 Å². The van der Waals surface area contributed by atoms with Gasteiger partial charge in [0.15, 0.2) is 11.6 Å². The Morgan fingerprint density at radius 2 is 1.76 bits per heavy atom. The maximum atomic E-state index is 13.9. The lowest BCUT2D eigenvalue weighted by molar-refractivity contribution is -0.143. The predicted molar refractivity (Wildman–Crippen MR) is 113 cm³/mol. The SMILES string of the molecule is O=C1NC(=O)[C@@]2(C[C@@H](C(=O)N3CCC(Cc4ccc(F)cc4)CC3)Oc3ccc(F)cc32)N1. The molecule has 2 aromatic rings. The summed E-state index contributed by atoms with van der Waals surface area (Å²) < 4.78 is 32.9. The van der Waals surface area contributed by atoms with Crippen molar-refractivity contribution in [2.24, 2.45) is 5.92 Å². The molecule has 0 aromatic heterocycles. The van der Waals surface area contributed by atoms with Crippen LogP contribution in [-0.2, 0) is 21.5 Å². The molecule has 7 nitrogen and oxygen atoms in total. The molecular formula is C24H23F2N3O4. The fraction of sp³-hybridized carbons (Fsp3) is 0.375. The van der Waals surface area contributed by atoms with Gasteiger partial charge in [-0.15, -0.1) is 0 Å². The molecule has 4 amide bonds. The molecule has 0 radical (unpaired) electrons. The average Bonchev–Trinajstić information content (AvgIpc) is 3.08. The minimum atomic E-state index is -1.55. The zero-order valence-corrected chi connectivity index (χ0v) is 17.8. The van der Waals surface area contributed by atoms with Crippen LogP contribution < -0.4 is 15.4 Å². The third-order valence-corrected chi connectivity index (χ3v) is 6.74. The Hall–Kier alpha value is -3.49. The van der Waals surface area contributed by atoms with Crippen molar-refractivity contribution in [1.29, 1.82) is 0 Å². The highest BCUT2D eigenvalue weighted by Crippen LogP contribution is 2.42. The van der Waals surface area contributed by atoms with E-state index in [2.05, 4.69) is 10.6 Å². The van der Waals surface area contributed by atoms with E-state index < -0.39 is 29.4 Å². The molecule has 9 heteroatoms. The number of nitrogens with one attached hydrogen (secondary N) is 2. The first-order valence-corrected chi connectivity index (χ1v) is 11.0. The second-order valence-electron chi connectivity index (χ2n) is 8.86. The lowest BCUT2D eigenvalue weighted by Crippen LogP contribution is -2.55. The van der Waals surface area contributed by atoms with E-state index in [1.165, 1.54) is 24.3 Å². The summed E-state index contributed by atoms with van der Waals surface area (Å²) in [6.45, 7) is 1.07. The fourth-order valence-electron chi connectivity index (χ4n) is 5.00. The Balaban J connectivity index is 1.29. The standard InChI is InChI=1S/C24H23F2N3O4/c25-16-3-1-14(2-4-16)11-15-7-9-29(10-8-15)21(30)20-13-24(22(31)27-23(32)28-24)18-12-17(26)5-6-19(18)33-20/h1-6,12,15,20H,7-11,13H2,(H2,27,28,31,32)/t20-,24-/m0/s1. The van der Waals surface area contributed by atoms with Crippen LogP contribution in [-0.4, -0.2) is 41.9 Å². The highest BCUT2D eigenvalue weighted by atomic mass is 19.1. The second kappa shape index (κ2) is 8.13. The van der Waals surface area contributed by atoms with E-state index in [-0.39, 0.29) is 29.5 Å². The molecule has 2 aromatic carbocycles. The molecule has 5 rings (SSSR count). The molecule has 2 saturated heterocycles. The highest BCUT2D eigenvalue weighted by Gasteiger charge is 2.55. The van der Waals surface area contributed by atoms with Crippen LogP contribution in [0.25, 0.3) is 0 Å². The Morgan fingerprint density at radius 3 is 2.42 bits per heavy atom. The number of fused-ring (bicyclic) bond motifs is 2. The van der Waals surface area contributed by atoms with Gasteiger partial charge in [0.2, 0.25) is 0 Å². The lowest BCUT2D eigenvalue weighted by atomic mass is 9.81. The molecule has 3 heterocycles. The minimum absolute atomic E-state index is 0.116. The van der Waals surface area contributed by atoms with Gasteiger partial charge in [0, 0.05) is 25.1 Å². The normalized spacial score (nSPS) is 24.8. The first kappa shape index (κ1) is 21.4. The number of likely N-dealkylation sites (tertiary alicyclic amines) is 1. The summed E-state index contributed by atoms with van der Waals surface area (Å²) in [5, 5.41) is 4.78. The Bertz CT molecular complexity index is 1120. The quantitative estimate of drug-likeness (QED) is 0.697. The zero-order chi connectivity index (χ0) is 23.2. The summed E-state index contributed by atoms with van der Waals surface area (Å²) in [6.07, 6.45) is 1.30. The number of urea groups is 1. The molecule has 3 aliphatic rings. The number of benzene rings is 2. The largest absolute Gasteiger partial charge is 0.480 e. The van der Waals surface area contributed by atoms with Gasteiger partial charge in [-0.1, -0.05) is 12.1 Å². The van der Waals surface area contributed by atoms with Crippen molar-refractivity contribution in [2.45, 2.75) is 37.3 Å². The van der Waals surface area contributed by atoms with Crippen LogP contribution in [0.5, 0.6) is 5.75 Å². The zero-order valence-electron chi connectivity index (χ0n) is 17.8. The van der Waals surface area contributed by atoms with Crippen LogP contribution in [0.4, 0.5) is 13.6 Å². The van der Waals surface area contributed by atoms with Crippen molar-refractivity contribution < 1.29 is 27.9 Å². The summed E-state index contributed by atoms with van der Waals surface area (Å²) in [4.78, 5) is 39.6. The summed E-state index contributed by atoms with van der Waals surface area (Å²) in [5.41, 5.74) is -0.285. The number of nitrogens with zero attached hydrogens (tertiary/aromatic N) is 1. The van der Waals surface area contributed by atoms with Gasteiger partial charge in [0.1, 0.15) is 17.4 Å². The number of hydrogen-bond acceptors (Lipinski definition) is 4. The first-order valence-electron chi connectivity index (χ1n) is 11.0. The van der Waals surface area contributed by atoms with Gasteiger partial charge < -0.3 is 15.0 Å². The molecular weight excluding hydrogens is 432 g/mol. The van der Waals surface area contributed by atoms with E-state index in [4.69, 9.17) is 4.74 Å². The van der Waals surface area contributed by atoms with E-state index in [1.54, 1.807) is 17.0 Å². The fourth-order valence-corrected chi connectivity index (χ4v) is 5.00. The monoisotopic (exact) mass is 455 g/mol. The van der Waals surface area contributed by atoms with Gasteiger partial charge in [0.25, 0.3) is 11.8 Å². The van der Waals surface area contributed by atoms with Gasteiger partial charge in [0.05, 0.1) is 0 Å². The van der Waals surface area contributed by atoms with Crippen molar-refractivity contribution in [3.63, 3.8) is 0 Å². The summed E-state index contributed by atoms with van der Waals surface area (Å²) in [5.74, 6) is -1.15. The molecule has 33 heavy (non-hydrogen) atoms. The number of carbonyl (C=O) groups is 3. The molecule has 0 saturated carbocycles. The van der Waals surface area contributed by atoms with Gasteiger partial charge in [-0.2, -0.15) is 0 Å². The topological polar surface area (TPSA) is 87.7 Å². The van der Waals surface area contributed by atoms with Crippen molar-refractivity contribution >= 4 is 17.8 Å². The van der Waals surface area contributed by atoms with Crippen LogP contribution >= 0.6 is 0 Å². The number of rotatable bonds is 3. The van der Waals surface area contributed by atoms with Gasteiger partial charge in [-0.3, -0.25) is 14.9 Å². The molecule has 2 N–H and O–H groups in total. The van der Waals surface area contributed by atoms with E-state index >= 15 is 0 Å². The highest BCUT2D eigenvalue weighted by molar-refractivity contribution is 6.08. The van der Waals surface area contributed by atoms with Crippen LogP contribution in [0, 0.1) is 17.6 Å². The maximum absolute atomic E-state index is 13.9. The van der Waals surface area contributed by atoms with Crippen LogP contribution in [0.3, 0.4) is 0 Å². The van der Waals surface area contributed by atoms with E-state index in [1.807, 2.05) is 0 Å². The first-order chi connectivity index (χ1) is 15.8. The molecule has 172 valence electrons. The number of piperidine rings is 1. The molecule has 1 spiro atoms. The van der Waals surface area contributed by atoms with Gasteiger partial charge in [-0.05, 0) is 61.1 Å². The molecule has 0 aliphatic carbocycles. The number of imide groups is 1. The van der Waals surface area contributed by atoms with Gasteiger partial charge in [-0.25, -0.2) is 13.6 Å². The number of ether oxygens (including phenoxy) is 1. The molecule has 2 atom stereocenters. The Morgan fingerprint density at radius 1 is 1.06 bits per heavy atom. The molecule has 0 bridgehead atoms. The summed E-state index contributed by atoms with van der Waals surface area (Å²) >= 11 is 0. The second-order valence-corrected chi connectivity index (χ2v) is 8.86. The van der Waals surface area contributed by atoms with E-state index in [0.717, 1.165) is 30.9 Å². The molecule has 0 unspecified atom stereocenters. The third-order valence-electron chi connectivity index (χ3n) is 6.74.